The molecule has 0 fully saturated rings. The van der Waals surface area contributed by atoms with Gasteiger partial charge in [0, 0.05) is 0 Å². The van der Waals surface area contributed by atoms with Gasteiger partial charge in [-0.15, -0.1) is 0 Å². The zero-order valence-corrected chi connectivity index (χ0v) is 8.28. The third-order valence-electron chi connectivity index (χ3n) is 1.21. The average molecular weight is 129 g/mol. The fraction of sp³-hybridized carbons (Fsp3) is 1.00. The smallest absolute Gasteiger partial charge is 0.321 e. The fourth-order valence-corrected chi connectivity index (χ4v) is 1.77. The Morgan fingerprint density at radius 1 is 1.12 bits per heavy atom. The summed E-state index contributed by atoms with van der Waals surface area (Å²) in [5, 5.41) is 0. The van der Waals surface area contributed by atoms with Crippen molar-refractivity contribution in [2.24, 2.45) is 0 Å². The molecule has 8 heavy (non-hydrogen) atoms. The van der Waals surface area contributed by atoms with Crippen molar-refractivity contribution in [3.05, 3.63) is 0 Å². The maximum absolute atomic E-state index is 2.50. The van der Waals surface area contributed by atoms with E-state index in [0.29, 0.717) is 0 Å². The van der Waals surface area contributed by atoms with Gasteiger partial charge in [-0.25, -0.2) is 0 Å². The third-order valence-corrected chi connectivity index (χ3v) is 2.11. The molecular weight excluding hydrogens is 113 g/mol. The second kappa shape index (κ2) is 5.63. The molecule has 0 rings (SSSR count). The molecule has 0 spiro atoms. The minimum atomic E-state index is 1.24. The molecule has 0 aromatic heterocycles. The lowest BCUT2D eigenvalue weighted by molar-refractivity contribution is 0.450. The fourth-order valence-electron chi connectivity index (χ4n) is 0.875. The summed E-state index contributed by atoms with van der Waals surface area (Å²) >= 11 is 1.24. The molecule has 0 aromatic rings. The summed E-state index contributed by atoms with van der Waals surface area (Å²) in [7, 11) is 0. The molecule has 0 bridgehead atoms. The Morgan fingerprint density at radius 2 is 1.50 bits per heavy atom. The van der Waals surface area contributed by atoms with Crippen LogP contribution in [-0.2, 0) is 0 Å². The van der Waals surface area contributed by atoms with Crippen LogP contribution in [0.25, 0.3) is 0 Å². The average Bonchev–Trinajstić information content (AvgIpc) is 1.68. The van der Waals surface area contributed by atoms with Crippen LogP contribution in [0.3, 0.4) is 0 Å². The summed E-state index contributed by atoms with van der Waals surface area (Å²) < 4.78 is 2.50. The Labute approximate surface area is 60.7 Å². The highest BCUT2D eigenvalue weighted by Gasteiger charge is 1.90. The lowest BCUT2D eigenvalue weighted by Gasteiger charge is -2.14. The summed E-state index contributed by atoms with van der Waals surface area (Å²) in [6.45, 7) is 7.08. The van der Waals surface area contributed by atoms with Crippen molar-refractivity contribution in [2.45, 2.75) is 26.7 Å². The maximum Gasteiger partial charge on any atom is 0.321 e. The predicted molar refractivity (Wildman–Crippen MR) is 40.7 cm³/mol. The first kappa shape index (κ1) is 8.49. The molecule has 0 amide bonds. The Hall–Kier alpha value is 0.492. The van der Waals surface area contributed by atoms with Crippen LogP contribution in [0.15, 0.2) is 0 Å². The first-order chi connectivity index (χ1) is 3.81. The van der Waals surface area contributed by atoms with Gasteiger partial charge in [-0.3, -0.25) is 0 Å². The number of nitrogens with zero attached hydrogens (tertiary/aromatic N) is 1. The van der Waals surface area contributed by atoms with Crippen molar-refractivity contribution >= 4 is 16.5 Å². The van der Waals surface area contributed by atoms with Gasteiger partial charge >= 0.3 is 16.5 Å². The summed E-state index contributed by atoms with van der Waals surface area (Å²) in [6, 6.07) is 0. The highest BCUT2D eigenvalue weighted by molar-refractivity contribution is 6.04. The molecule has 0 unspecified atom stereocenters. The van der Waals surface area contributed by atoms with E-state index in [4.69, 9.17) is 0 Å². The number of hydrogen-bond acceptors (Lipinski definition) is 1. The Morgan fingerprint density at radius 3 is 1.75 bits per heavy atom. The van der Waals surface area contributed by atoms with Crippen LogP contribution in [0.1, 0.15) is 26.7 Å². The summed E-state index contributed by atoms with van der Waals surface area (Å²) in [4.78, 5) is 0. The Kier molecular flexibility index (Phi) is 5.97. The molecular formula is C6H16AlN. The minimum absolute atomic E-state index is 1.24. The summed E-state index contributed by atoms with van der Waals surface area (Å²) in [6.07, 6.45) is 2.62. The van der Waals surface area contributed by atoms with E-state index in [2.05, 4.69) is 17.7 Å². The largest absolute Gasteiger partial charge is 0.390 e. The zero-order chi connectivity index (χ0) is 6.41. The summed E-state index contributed by atoms with van der Waals surface area (Å²) in [5.74, 6) is 0. The highest BCUT2D eigenvalue weighted by Crippen LogP contribution is 1.86. The van der Waals surface area contributed by atoms with Gasteiger partial charge in [0.2, 0.25) is 0 Å². The van der Waals surface area contributed by atoms with Gasteiger partial charge < -0.3 is 3.88 Å². The first-order valence-corrected chi connectivity index (χ1v) is 4.39. The molecule has 2 heteroatoms. The topological polar surface area (TPSA) is 3.24 Å². The molecule has 0 atom stereocenters. The van der Waals surface area contributed by atoms with Crippen LogP contribution in [0.5, 0.6) is 0 Å². The Balaban J connectivity index is 2.92. The van der Waals surface area contributed by atoms with E-state index >= 15 is 0 Å². The molecule has 0 aliphatic carbocycles. The van der Waals surface area contributed by atoms with Gasteiger partial charge in [-0.05, 0) is 25.9 Å². The van der Waals surface area contributed by atoms with Gasteiger partial charge in [0.15, 0.2) is 0 Å². The maximum atomic E-state index is 2.50. The quantitative estimate of drug-likeness (QED) is 0.504. The van der Waals surface area contributed by atoms with Crippen LogP contribution in [0, 0.1) is 0 Å². The van der Waals surface area contributed by atoms with Crippen molar-refractivity contribution in [1.29, 1.82) is 0 Å². The molecule has 0 saturated carbocycles. The van der Waals surface area contributed by atoms with Gasteiger partial charge in [0.05, 0.1) is 0 Å². The number of hydrogen-bond donors (Lipinski definition) is 0. The lowest BCUT2D eigenvalue weighted by atomic mass is 10.4. The van der Waals surface area contributed by atoms with Crippen molar-refractivity contribution in [3.8, 4) is 0 Å². The van der Waals surface area contributed by atoms with Gasteiger partial charge in [0.25, 0.3) is 0 Å². The predicted octanol–water partition coefficient (Wildman–Crippen LogP) is 0.656. The van der Waals surface area contributed by atoms with E-state index < -0.39 is 0 Å². The SMILES string of the molecule is CCC[N]([AlH2])CCC. The van der Waals surface area contributed by atoms with Crippen LogP contribution >= 0.6 is 0 Å². The monoisotopic (exact) mass is 129 g/mol. The van der Waals surface area contributed by atoms with E-state index in [1.165, 1.54) is 42.4 Å². The van der Waals surface area contributed by atoms with Gasteiger partial charge in [-0.2, -0.15) is 0 Å². The van der Waals surface area contributed by atoms with Crippen molar-refractivity contribution in [3.63, 3.8) is 0 Å². The van der Waals surface area contributed by atoms with Crippen molar-refractivity contribution < 1.29 is 0 Å². The molecule has 0 heterocycles. The standard InChI is InChI=1S/C6H14N.Al.2H/c1-3-5-7-6-4-2;;;/h3-6H2,1-2H3;;;/q-1;+1;;. The lowest BCUT2D eigenvalue weighted by Crippen LogP contribution is -2.21. The second-order valence-corrected chi connectivity index (χ2v) is 3.57. The molecule has 0 saturated heterocycles. The van der Waals surface area contributed by atoms with Crippen LogP contribution in [-0.4, -0.2) is 33.5 Å². The molecule has 0 N–H and O–H groups in total. The van der Waals surface area contributed by atoms with E-state index in [-0.39, 0.29) is 0 Å². The molecule has 0 aliphatic heterocycles. The van der Waals surface area contributed by atoms with E-state index in [0.717, 1.165) is 0 Å². The molecule has 0 aromatic carbocycles. The first-order valence-electron chi connectivity index (χ1n) is 3.49. The summed E-state index contributed by atoms with van der Waals surface area (Å²) in [5.41, 5.74) is 0. The molecule has 0 radical (unpaired) electrons. The minimum Gasteiger partial charge on any atom is -0.390 e. The molecule has 48 valence electrons. The second-order valence-electron chi connectivity index (χ2n) is 2.30. The van der Waals surface area contributed by atoms with Gasteiger partial charge in [0.1, 0.15) is 0 Å². The van der Waals surface area contributed by atoms with Crippen LogP contribution in [0.2, 0.25) is 0 Å². The molecule has 0 aliphatic rings. The van der Waals surface area contributed by atoms with Crippen molar-refractivity contribution in [1.82, 2.24) is 3.88 Å². The van der Waals surface area contributed by atoms with E-state index in [9.17, 15) is 0 Å². The normalized spacial score (nSPS) is 10.4. The van der Waals surface area contributed by atoms with Gasteiger partial charge in [-0.1, -0.05) is 13.8 Å². The van der Waals surface area contributed by atoms with Crippen molar-refractivity contribution in [2.75, 3.05) is 13.1 Å². The Bertz CT molecular complexity index is 41.8. The van der Waals surface area contributed by atoms with Crippen LogP contribution < -0.4 is 0 Å². The molecule has 1 nitrogen and oxygen atoms in total. The zero-order valence-electron chi connectivity index (χ0n) is 6.28. The van der Waals surface area contributed by atoms with Crippen LogP contribution in [0.4, 0.5) is 0 Å². The third kappa shape index (κ3) is 4.65. The van der Waals surface area contributed by atoms with E-state index in [1.54, 1.807) is 0 Å². The highest BCUT2D eigenvalue weighted by atomic mass is 27.1. The number of rotatable bonds is 4. The van der Waals surface area contributed by atoms with E-state index in [1.807, 2.05) is 0 Å².